The van der Waals surface area contributed by atoms with Crippen LogP contribution in [-0.4, -0.2) is 39.8 Å². The van der Waals surface area contributed by atoms with Gasteiger partial charge in [0.2, 0.25) is 5.91 Å². The molecule has 122 valence electrons. The van der Waals surface area contributed by atoms with Crippen LogP contribution in [0.5, 0.6) is 0 Å². The minimum Gasteiger partial charge on any atom is -0.323 e. The Morgan fingerprint density at radius 1 is 1.35 bits per heavy atom. The second-order valence-electron chi connectivity index (χ2n) is 6.14. The number of hydrogen-bond donors (Lipinski definition) is 2. The van der Waals surface area contributed by atoms with Crippen LogP contribution in [0, 0.1) is 6.92 Å². The average molecular weight is 316 g/mol. The number of nitrogens with one attached hydrogen (secondary N) is 2. The molecule has 2 fully saturated rings. The Morgan fingerprint density at radius 2 is 2.09 bits per heavy atom. The number of aryl methyl sites for hydroxylation is 1. The van der Waals surface area contributed by atoms with Crippen LogP contribution < -0.4 is 10.6 Å². The van der Waals surface area contributed by atoms with Gasteiger partial charge in [0.05, 0.1) is 0 Å². The lowest BCUT2D eigenvalue weighted by Gasteiger charge is -2.19. The zero-order chi connectivity index (χ0) is 16.4. The lowest BCUT2D eigenvalue weighted by Crippen LogP contribution is -2.44. The molecule has 0 radical (unpaired) electrons. The van der Waals surface area contributed by atoms with E-state index < -0.39 is 11.6 Å². The van der Waals surface area contributed by atoms with Gasteiger partial charge in [-0.25, -0.2) is 9.78 Å². The first kappa shape index (κ1) is 15.5. The SMILES string of the molecule is Cc1cccc(NC(=O)CCN2C(=O)NC3(CCCC3)C2=O)n1. The van der Waals surface area contributed by atoms with Crippen molar-refractivity contribution in [2.75, 3.05) is 11.9 Å². The van der Waals surface area contributed by atoms with Gasteiger partial charge < -0.3 is 10.6 Å². The quantitative estimate of drug-likeness (QED) is 0.825. The highest BCUT2D eigenvalue weighted by molar-refractivity contribution is 6.07. The monoisotopic (exact) mass is 316 g/mol. The van der Waals surface area contributed by atoms with Crippen LogP contribution in [0.2, 0.25) is 0 Å². The summed E-state index contributed by atoms with van der Waals surface area (Å²) in [5.41, 5.74) is 0.0890. The van der Waals surface area contributed by atoms with E-state index in [9.17, 15) is 14.4 Å². The molecular weight excluding hydrogens is 296 g/mol. The van der Waals surface area contributed by atoms with Crippen LogP contribution in [0.3, 0.4) is 0 Å². The lowest BCUT2D eigenvalue weighted by molar-refractivity contribution is -0.131. The molecule has 1 saturated carbocycles. The Labute approximate surface area is 134 Å². The number of aromatic nitrogens is 1. The normalized spacial score (nSPS) is 19.3. The van der Waals surface area contributed by atoms with Crippen LogP contribution in [0.25, 0.3) is 0 Å². The molecule has 1 aliphatic heterocycles. The van der Waals surface area contributed by atoms with Gasteiger partial charge in [-0.05, 0) is 31.9 Å². The summed E-state index contributed by atoms with van der Waals surface area (Å²) in [7, 11) is 0. The predicted molar refractivity (Wildman–Crippen MR) is 83.7 cm³/mol. The first-order valence-electron chi connectivity index (χ1n) is 7.88. The van der Waals surface area contributed by atoms with E-state index in [0.717, 1.165) is 23.4 Å². The Bertz CT molecular complexity index is 652. The highest BCUT2D eigenvalue weighted by Crippen LogP contribution is 2.34. The van der Waals surface area contributed by atoms with E-state index >= 15 is 0 Å². The number of carbonyl (C=O) groups excluding carboxylic acids is 3. The molecule has 1 aromatic rings. The first-order chi connectivity index (χ1) is 11.0. The number of pyridine rings is 1. The molecule has 1 aliphatic carbocycles. The van der Waals surface area contributed by atoms with Crippen LogP contribution in [0.1, 0.15) is 37.8 Å². The molecule has 1 saturated heterocycles. The highest BCUT2D eigenvalue weighted by atomic mass is 16.2. The number of rotatable bonds is 4. The molecule has 0 bridgehead atoms. The van der Waals surface area contributed by atoms with Crippen molar-refractivity contribution in [2.24, 2.45) is 0 Å². The molecule has 1 aromatic heterocycles. The Morgan fingerprint density at radius 3 is 2.78 bits per heavy atom. The summed E-state index contributed by atoms with van der Waals surface area (Å²) in [5.74, 6) is 0.0111. The van der Waals surface area contributed by atoms with Crippen LogP contribution in [0.15, 0.2) is 18.2 Å². The van der Waals surface area contributed by atoms with E-state index in [1.807, 2.05) is 13.0 Å². The molecule has 0 atom stereocenters. The van der Waals surface area contributed by atoms with E-state index in [0.29, 0.717) is 18.7 Å². The van der Waals surface area contributed by atoms with Crippen molar-refractivity contribution in [3.63, 3.8) is 0 Å². The number of hydrogen-bond acceptors (Lipinski definition) is 4. The van der Waals surface area contributed by atoms with Crippen molar-refractivity contribution in [2.45, 2.75) is 44.6 Å². The maximum Gasteiger partial charge on any atom is 0.325 e. The fourth-order valence-corrected chi connectivity index (χ4v) is 3.23. The van der Waals surface area contributed by atoms with Gasteiger partial charge >= 0.3 is 6.03 Å². The third-order valence-corrected chi connectivity index (χ3v) is 4.42. The summed E-state index contributed by atoms with van der Waals surface area (Å²) in [6.45, 7) is 1.92. The molecule has 0 aromatic carbocycles. The van der Waals surface area contributed by atoms with Crippen molar-refractivity contribution >= 4 is 23.7 Å². The van der Waals surface area contributed by atoms with E-state index in [2.05, 4.69) is 15.6 Å². The summed E-state index contributed by atoms with van der Waals surface area (Å²) < 4.78 is 0. The number of anilines is 1. The van der Waals surface area contributed by atoms with Crippen molar-refractivity contribution in [3.05, 3.63) is 23.9 Å². The number of imide groups is 1. The van der Waals surface area contributed by atoms with Crippen molar-refractivity contribution < 1.29 is 14.4 Å². The number of carbonyl (C=O) groups is 3. The topological polar surface area (TPSA) is 91.4 Å². The lowest BCUT2D eigenvalue weighted by atomic mass is 9.98. The van der Waals surface area contributed by atoms with Gasteiger partial charge in [-0.15, -0.1) is 0 Å². The largest absolute Gasteiger partial charge is 0.325 e. The second kappa shape index (κ2) is 5.98. The van der Waals surface area contributed by atoms with Crippen LogP contribution >= 0.6 is 0 Å². The smallest absolute Gasteiger partial charge is 0.323 e. The van der Waals surface area contributed by atoms with Gasteiger partial charge in [0, 0.05) is 18.7 Å². The average Bonchev–Trinajstić information content (AvgIpc) is 3.04. The van der Waals surface area contributed by atoms with Crippen LogP contribution in [-0.2, 0) is 9.59 Å². The summed E-state index contributed by atoms with van der Waals surface area (Å²) in [6.07, 6.45) is 3.32. The first-order valence-corrected chi connectivity index (χ1v) is 7.88. The predicted octanol–water partition coefficient (Wildman–Crippen LogP) is 1.58. The minimum absolute atomic E-state index is 0.0604. The number of amides is 4. The molecule has 0 unspecified atom stereocenters. The highest BCUT2D eigenvalue weighted by Gasteiger charge is 2.52. The third-order valence-electron chi connectivity index (χ3n) is 4.42. The fraction of sp³-hybridized carbons (Fsp3) is 0.500. The molecule has 4 amide bonds. The van der Waals surface area contributed by atoms with Crippen molar-refractivity contribution in [1.29, 1.82) is 0 Å². The molecule has 2 heterocycles. The van der Waals surface area contributed by atoms with Gasteiger partial charge in [0.1, 0.15) is 11.4 Å². The standard InChI is InChI=1S/C16H20N4O3/c1-11-5-4-6-12(17-11)18-13(21)7-10-20-14(22)16(19-15(20)23)8-2-3-9-16/h4-6H,2-3,7-10H2,1H3,(H,19,23)(H,17,18,21). The molecule has 7 heteroatoms. The molecule has 23 heavy (non-hydrogen) atoms. The molecule has 7 nitrogen and oxygen atoms in total. The van der Waals surface area contributed by atoms with Crippen LogP contribution in [0.4, 0.5) is 10.6 Å². The molecule has 3 rings (SSSR count). The Balaban J connectivity index is 1.56. The van der Waals surface area contributed by atoms with Crippen molar-refractivity contribution in [3.8, 4) is 0 Å². The summed E-state index contributed by atoms with van der Waals surface area (Å²) >= 11 is 0. The second-order valence-corrected chi connectivity index (χ2v) is 6.14. The van der Waals surface area contributed by atoms with E-state index in [1.54, 1.807) is 12.1 Å². The Hall–Kier alpha value is -2.44. The molecule has 2 N–H and O–H groups in total. The Kier molecular flexibility index (Phi) is 4.02. The summed E-state index contributed by atoms with van der Waals surface area (Å²) in [6, 6.07) is 4.95. The molecule has 1 spiro atoms. The zero-order valence-corrected chi connectivity index (χ0v) is 13.1. The van der Waals surface area contributed by atoms with Gasteiger partial charge in [-0.1, -0.05) is 18.9 Å². The number of urea groups is 1. The van der Waals surface area contributed by atoms with Gasteiger partial charge in [-0.2, -0.15) is 0 Å². The van der Waals surface area contributed by atoms with Gasteiger partial charge in [-0.3, -0.25) is 14.5 Å². The summed E-state index contributed by atoms with van der Waals surface area (Å²) in [5, 5.41) is 5.48. The number of nitrogens with zero attached hydrogens (tertiary/aromatic N) is 2. The maximum atomic E-state index is 12.5. The van der Waals surface area contributed by atoms with E-state index in [-0.39, 0.29) is 24.8 Å². The van der Waals surface area contributed by atoms with Gasteiger partial charge in [0.25, 0.3) is 5.91 Å². The van der Waals surface area contributed by atoms with Crippen molar-refractivity contribution in [1.82, 2.24) is 15.2 Å². The molecular formula is C16H20N4O3. The fourth-order valence-electron chi connectivity index (χ4n) is 3.23. The van der Waals surface area contributed by atoms with E-state index in [4.69, 9.17) is 0 Å². The maximum absolute atomic E-state index is 12.5. The van der Waals surface area contributed by atoms with Gasteiger partial charge in [0.15, 0.2) is 0 Å². The minimum atomic E-state index is -0.717. The zero-order valence-electron chi connectivity index (χ0n) is 13.1. The van der Waals surface area contributed by atoms with E-state index in [1.165, 1.54) is 0 Å². The molecule has 2 aliphatic rings. The third kappa shape index (κ3) is 3.04. The summed E-state index contributed by atoms with van der Waals surface area (Å²) in [4.78, 5) is 41.8.